The molecule has 0 radical (unpaired) electrons. The molecule has 0 N–H and O–H groups in total. The van der Waals surface area contributed by atoms with Gasteiger partial charge in [0.2, 0.25) is 0 Å². The third kappa shape index (κ3) is 2.57. The average molecular weight is 230 g/mol. The average Bonchev–Trinajstić information content (AvgIpc) is 2.32. The van der Waals surface area contributed by atoms with Crippen LogP contribution in [0.25, 0.3) is 0 Å². The Morgan fingerprint density at radius 3 is 2.65 bits per heavy atom. The molecule has 0 saturated heterocycles. The van der Waals surface area contributed by atoms with Crippen LogP contribution >= 0.6 is 0 Å². The van der Waals surface area contributed by atoms with Gasteiger partial charge < -0.3 is 4.74 Å². The summed E-state index contributed by atoms with van der Waals surface area (Å²) in [6, 6.07) is 10.3. The van der Waals surface area contributed by atoms with E-state index in [4.69, 9.17) is 4.74 Å². The molecular weight excluding hydrogens is 212 g/mol. The Labute approximate surface area is 102 Å². The second kappa shape index (κ2) is 4.74. The monoisotopic (exact) mass is 230 g/mol. The molecule has 0 aliphatic carbocycles. The van der Waals surface area contributed by atoms with Crippen LogP contribution in [0, 0.1) is 5.41 Å². The lowest BCUT2D eigenvalue weighted by atomic mass is 9.78. The molecule has 1 heterocycles. The SMILES string of the molecule is CC1(C)C(=O)C=CO[C@@H]1CCc1ccccc1. The molecule has 1 aliphatic heterocycles. The van der Waals surface area contributed by atoms with E-state index in [0.717, 1.165) is 12.8 Å². The molecule has 0 saturated carbocycles. The molecule has 0 spiro atoms. The molecule has 0 fully saturated rings. The van der Waals surface area contributed by atoms with Crippen LogP contribution in [0.2, 0.25) is 0 Å². The maximum Gasteiger partial charge on any atom is 0.168 e. The highest BCUT2D eigenvalue weighted by Gasteiger charge is 2.38. The highest BCUT2D eigenvalue weighted by molar-refractivity contribution is 5.95. The molecule has 1 atom stereocenters. The smallest absolute Gasteiger partial charge is 0.168 e. The van der Waals surface area contributed by atoms with Crippen molar-refractivity contribution in [1.82, 2.24) is 0 Å². The van der Waals surface area contributed by atoms with Crippen LogP contribution in [0.3, 0.4) is 0 Å². The van der Waals surface area contributed by atoms with Crippen molar-refractivity contribution >= 4 is 5.78 Å². The van der Waals surface area contributed by atoms with Crippen LogP contribution < -0.4 is 0 Å². The first-order valence-corrected chi connectivity index (χ1v) is 6.01. The standard InChI is InChI=1S/C15H18O2/c1-15(2)13(16)10-11-17-14(15)9-8-12-6-4-3-5-7-12/h3-7,10-11,14H,8-9H2,1-2H3/t14-/m1/s1. The van der Waals surface area contributed by atoms with Gasteiger partial charge in [-0.25, -0.2) is 0 Å². The van der Waals surface area contributed by atoms with Crippen LogP contribution in [0.5, 0.6) is 0 Å². The van der Waals surface area contributed by atoms with E-state index in [2.05, 4.69) is 12.1 Å². The zero-order valence-corrected chi connectivity index (χ0v) is 10.3. The molecule has 0 bridgehead atoms. The molecule has 2 heteroatoms. The van der Waals surface area contributed by atoms with Gasteiger partial charge in [-0.3, -0.25) is 4.79 Å². The van der Waals surface area contributed by atoms with Crippen molar-refractivity contribution in [3.63, 3.8) is 0 Å². The fourth-order valence-corrected chi connectivity index (χ4v) is 2.11. The van der Waals surface area contributed by atoms with Gasteiger partial charge in [-0.2, -0.15) is 0 Å². The van der Waals surface area contributed by atoms with Gasteiger partial charge >= 0.3 is 0 Å². The fourth-order valence-electron chi connectivity index (χ4n) is 2.11. The Kier molecular flexibility index (Phi) is 3.32. The number of rotatable bonds is 3. The molecule has 2 nitrogen and oxygen atoms in total. The Morgan fingerprint density at radius 1 is 1.24 bits per heavy atom. The molecule has 0 amide bonds. The highest BCUT2D eigenvalue weighted by atomic mass is 16.5. The van der Waals surface area contributed by atoms with E-state index in [9.17, 15) is 4.79 Å². The minimum Gasteiger partial charge on any atom is -0.497 e. The van der Waals surface area contributed by atoms with E-state index in [-0.39, 0.29) is 11.9 Å². The van der Waals surface area contributed by atoms with E-state index in [1.165, 1.54) is 17.9 Å². The first-order chi connectivity index (χ1) is 8.10. The summed E-state index contributed by atoms with van der Waals surface area (Å²) in [4.78, 5) is 11.8. The lowest BCUT2D eigenvalue weighted by Gasteiger charge is -2.34. The number of allylic oxidation sites excluding steroid dienone is 1. The number of ether oxygens (including phenoxy) is 1. The summed E-state index contributed by atoms with van der Waals surface area (Å²) in [5, 5.41) is 0. The van der Waals surface area contributed by atoms with E-state index in [0.29, 0.717) is 0 Å². The molecule has 17 heavy (non-hydrogen) atoms. The first kappa shape index (κ1) is 11.9. The van der Waals surface area contributed by atoms with Crippen LogP contribution in [0.15, 0.2) is 42.7 Å². The van der Waals surface area contributed by atoms with Crippen molar-refractivity contribution in [1.29, 1.82) is 0 Å². The van der Waals surface area contributed by atoms with Gasteiger partial charge in [-0.1, -0.05) is 30.3 Å². The molecular formula is C15H18O2. The summed E-state index contributed by atoms with van der Waals surface area (Å²) in [5.74, 6) is 0.154. The maximum atomic E-state index is 11.8. The van der Waals surface area contributed by atoms with Crippen LogP contribution in [0.4, 0.5) is 0 Å². The van der Waals surface area contributed by atoms with Gasteiger partial charge in [0, 0.05) is 6.08 Å². The number of carbonyl (C=O) groups is 1. The van der Waals surface area contributed by atoms with Crippen molar-refractivity contribution in [2.24, 2.45) is 5.41 Å². The first-order valence-electron chi connectivity index (χ1n) is 6.01. The predicted molar refractivity (Wildman–Crippen MR) is 67.6 cm³/mol. The summed E-state index contributed by atoms with van der Waals surface area (Å²) >= 11 is 0. The van der Waals surface area contributed by atoms with Crippen LogP contribution in [0.1, 0.15) is 25.8 Å². The van der Waals surface area contributed by atoms with Crippen molar-refractivity contribution in [3.8, 4) is 0 Å². The van der Waals surface area contributed by atoms with Crippen LogP contribution in [-0.2, 0) is 16.0 Å². The van der Waals surface area contributed by atoms with Crippen molar-refractivity contribution in [3.05, 3.63) is 48.2 Å². The topological polar surface area (TPSA) is 26.3 Å². The molecule has 1 aromatic rings. The van der Waals surface area contributed by atoms with Gasteiger partial charge in [0.15, 0.2) is 5.78 Å². The van der Waals surface area contributed by atoms with Gasteiger partial charge in [0.1, 0.15) is 6.10 Å². The van der Waals surface area contributed by atoms with E-state index in [1.54, 1.807) is 0 Å². The minimum absolute atomic E-state index is 0.0276. The third-order valence-corrected chi connectivity index (χ3v) is 3.44. The Balaban J connectivity index is 2.00. The lowest BCUT2D eigenvalue weighted by Crippen LogP contribution is -2.40. The summed E-state index contributed by atoms with van der Waals surface area (Å²) in [7, 11) is 0. The van der Waals surface area contributed by atoms with E-state index in [1.807, 2.05) is 32.0 Å². The zero-order chi connectivity index (χ0) is 12.3. The molecule has 90 valence electrons. The number of hydrogen-bond donors (Lipinski definition) is 0. The number of benzene rings is 1. The minimum atomic E-state index is -0.413. The molecule has 0 unspecified atom stereocenters. The molecule has 2 rings (SSSR count). The number of hydrogen-bond acceptors (Lipinski definition) is 2. The molecule has 0 aromatic heterocycles. The second-order valence-corrected chi connectivity index (χ2v) is 5.04. The molecule has 1 aromatic carbocycles. The Hall–Kier alpha value is -1.57. The number of ketones is 1. The van der Waals surface area contributed by atoms with Crippen molar-refractivity contribution in [2.75, 3.05) is 0 Å². The summed E-state index contributed by atoms with van der Waals surface area (Å²) in [6.45, 7) is 3.91. The van der Waals surface area contributed by atoms with Gasteiger partial charge in [0.25, 0.3) is 0 Å². The maximum absolute atomic E-state index is 11.8. The third-order valence-electron chi connectivity index (χ3n) is 3.44. The number of carbonyl (C=O) groups excluding carboxylic acids is 1. The van der Waals surface area contributed by atoms with Gasteiger partial charge in [-0.15, -0.1) is 0 Å². The summed E-state index contributed by atoms with van der Waals surface area (Å²) < 4.78 is 5.58. The summed E-state index contributed by atoms with van der Waals surface area (Å²) in [6.07, 6.45) is 4.84. The zero-order valence-electron chi connectivity index (χ0n) is 10.3. The Bertz CT molecular complexity index is 418. The Morgan fingerprint density at radius 2 is 1.94 bits per heavy atom. The van der Waals surface area contributed by atoms with Gasteiger partial charge in [0.05, 0.1) is 11.7 Å². The second-order valence-electron chi connectivity index (χ2n) is 5.04. The normalized spacial score (nSPS) is 22.2. The van der Waals surface area contributed by atoms with Crippen LogP contribution in [-0.4, -0.2) is 11.9 Å². The van der Waals surface area contributed by atoms with E-state index >= 15 is 0 Å². The van der Waals surface area contributed by atoms with Crippen molar-refractivity contribution < 1.29 is 9.53 Å². The largest absolute Gasteiger partial charge is 0.497 e. The predicted octanol–water partition coefficient (Wildman–Crippen LogP) is 3.13. The quantitative estimate of drug-likeness (QED) is 0.797. The van der Waals surface area contributed by atoms with Crippen molar-refractivity contribution in [2.45, 2.75) is 32.8 Å². The number of aryl methyl sites for hydroxylation is 1. The van der Waals surface area contributed by atoms with E-state index < -0.39 is 5.41 Å². The fraction of sp³-hybridized carbons (Fsp3) is 0.400. The highest BCUT2D eigenvalue weighted by Crippen LogP contribution is 2.31. The summed E-state index contributed by atoms with van der Waals surface area (Å²) in [5.41, 5.74) is 0.873. The lowest BCUT2D eigenvalue weighted by molar-refractivity contribution is -0.131. The molecule has 1 aliphatic rings. The van der Waals surface area contributed by atoms with Gasteiger partial charge in [-0.05, 0) is 32.3 Å².